The number of aryl methyl sites for hydroxylation is 2. The van der Waals surface area contributed by atoms with Gasteiger partial charge in [-0.05, 0) is 39.2 Å². The summed E-state index contributed by atoms with van der Waals surface area (Å²) in [7, 11) is 0. The predicted octanol–water partition coefficient (Wildman–Crippen LogP) is 3.76. The first-order valence-electron chi connectivity index (χ1n) is 9.91. The summed E-state index contributed by atoms with van der Waals surface area (Å²) in [6, 6.07) is 1.78. The molecule has 0 N–H and O–H groups in total. The molecule has 2 aliphatic heterocycles. The number of carbonyl (C=O) groups excluding carboxylic acids is 1. The molecule has 150 valence electrons. The normalized spacial score (nSPS) is 17.9. The molecule has 0 unspecified atom stereocenters. The highest BCUT2D eigenvalue weighted by Gasteiger charge is 2.24. The lowest BCUT2D eigenvalue weighted by Gasteiger charge is -2.35. The first kappa shape index (κ1) is 19.5. The summed E-state index contributed by atoms with van der Waals surface area (Å²) in [5.74, 6) is 0.808. The van der Waals surface area contributed by atoms with Crippen molar-refractivity contribution in [2.24, 2.45) is 0 Å². The number of hydrogen-bond donors (Lipinski definition) is 0. The SMILES string of the molecule is Cc1nc(N2CCN(c3ncc(C(=O)N4CCCCC4)cc3Cl)CC2)sc1C. The van der Waals surface area contributed by atoms with Gasteiger partial charge in [0.05, 0.1) is 16.3 Å². The molecule has 0 radical (unpaired) electrons. The molecule has 0 aromatic carbocycles. The Kier molecular flexibility index (Phi) is 5.73. The molecular formula is C20H26ClN5OS. The van der Waals surface area contributed by atoms with Gasteiger partial charge in [0.1, 0.15) is 5.82 Å². The van der Waals surface area contributed by atoms with Crippen LogP contribution in [0.5, 0.6) is 0 Å². The highest BCUT2D eigenvalue weighted by Crippen LogP contribution is 2.29. The number of amides is 1. The van der Waals surface area contributed by atoms with Crippen LogP contribution in [0.15, 0.2) is 12.3 Å². The van der Waals surface area contributed by atoms with Gasteiger partial charge in [-0.15, -0.1) is 11.3 Å². The second-order valence-electron chi connectivity index (χ2n) is 7.49. The van der Waals surface area contributed by atoms with Crippen LogP contribution >= 0.6 is 22.9 Å². The van der Waals surface area contributed by atoms with Gasteiger partial charge in [-0.1, -0.05) is 11.6 Å². The maximum absolute atomic E-state index is 12.7. The van der Waals surface area contributed by atoms with Gasteiger partial charge in [0, 0.05) is 50.3 Å². The van der Waals surface area contributed by atoms with Gasteiger partial charge < -0.3 is 14.7 Å². The fraction of sp³-hybridized carbons (Fsp3) is 0.550. The van der Waals surface area contributed by atoms with Crippen molar-refractivity contribution in [3.8, 4) is 0 Å². The van der Waals surface area contributed by atoms with E-state index in [1.54, 1.807) is 23.6 Å². The lowest BCUT2D eigenvalue weighted by Crippen LogP contribution is -2.47. The molecule has 0 saturated carbocycles. The minimum Gasteiger partial charge on any atom is -0.352 e. The van der Waals surface area contributed by atoms with Crippen LogP contribution in [0.2, 0.25) is 5.02 Å². The Morgan fingerprint density at radius 3 is 2.32 bits per heavy atom. The lowest BCUT2D eigenvalue weighted by molar-refractivity contribution is 0.0724. The Balaban J connectivity index is 1.41. The fourth-order valence-corrected chi connectivity index (χ4v) is 5.01. The summed E-state index contributed by atoms with van der Waals surface area (Å²) in [6.07, 6.45) is 5.03. The van der Waals surface area contributed by atoms with E-state index in [0.29, 0.717) is 10.6 Å². The number of nitrogens with zero attached hydrogens (tertiary/aromatic N) is 5. The van der Waals surface area contributed by atoms with Gasteiger partial charge in [0.25, 0.3) is 5.91 Å². The number of carbonyl (C=O) groups is 1. The molecule has 2 aliphatic rings. The van der Waals surface area contributed by atoms with Gasteiger partial charge in [0.15, 0.2) is 5.13 Å². The monoisotopic (exact) mass is 419 g/mol. The molecule has 28 heavy (non-hydrogen) atoms. The molecule has 8 heteroatoms. The number of aromatic nitrogens is 2. The molecule has 0 aliphatic carbocycles. The number of likely N-dealkylation sites (tertiary alicyclic amines) is 1. The van der Waals surface area contributed by atoms with E-state index in [1.165, 1.54) is 11.3 Å². The molecule has 0 bridgehead atoms. The van der Waals surface area contributed by atoms with Crippen molar-refractivity contribution in [2.45, 2.75) is 33.1 Å². The maximum atomic E-state index is 12.7. The zero-order chi connectivity index (χ0) is 19.7. The van der Waals surface area contributed by atoms with Crippen molar-refractivity contribution in [1.29, 1.82) is 0 Å². The average molecular weight is 420 g/mol. The Labute approximate surface area is 175 Å². The minimum atomic E-state index is 0.0416. The molecule has 2 aromatic heterocycles. The number of hydrogen-bond acceptors (Lipinski definition) is 6. The fourth-order valence-electron chi connectivity index (χ4n) is 3.76. The molecule has 2 fully saturated rings. The van der Waals surface area contributed by atoms with Crippen LogP contribution in [0, 0.1) is 13.8 Å². The maximum Gasteiger partial charge on any atom is 0.255 e. The summed E-state index contributed by atoms with van der Waals surface area (Å²) in [4.78, 5) is 29.6. The molecule has 2 aromatic rings. The molecule has 0 spiro atoms. The van der Waals surface area contributed by atoms with Crippen LogP contribution in [-0.4, -0.2) is 60.0 Å². The molecule has 1 amide bonds. The first-order valence-corrected chi connectivity index (χ1v) is 11.1. The highest BCUT2D eigenvalue weighted by atomic mass is 35.5. The second-order valence-corrected chi connectivity index (χ2v) is 9.08. The van der Waals surface area contributed by atoms with E-state index in [9.17, 15) is 4.79 Å². The number of pyridine rings is 1. The molecule has 4 heterocycles. The summed E-state index contributed by atoms with van der Waals surface area (Å²) in [5.41, 5.74) is 1.70. The number of piperidine rings is 1. The number of anilines is 2. The number of halogens is 1. The molecule has 6 nitrogen and oxygen atoms in total. The van der Waals surface area contributed by atoms with Crippen molar-refractivity contribution >= 4 is 39.8 Å². The number of rotatable bonds is 3. The van der Waals surface area contributed by atoms with Crippen molar-refractivity contribution in [3.05, 3.63) is 33.4 Å². The molecule has 4 rings (SSSR count). The zero-order valence-electron chi connectivity index (χ0n) is 16.4. The van der Waals surface area contributed by atoms with Gasteiger partial charge in [-0.3, -0.25) is 4.79 Å². The zero-order valence-corrected chi connectivity index (χ0v) is 18.0. The Bertz CT molecular complexity index is 837. The minimum absolute atomic E-state index is 0.0416. The molecular weight excluding hydrogens is 394 g/mol. The summed E-state index contributed by atoms with van der Waals surface area (Å²) >= 11 is 8.28. The van der Waals surface area contributed by atoms with Crippen LogP contribution in [0.4, 0.5) is 10.9 Å². The number of thiazole rings is 1. The van der Waals surface area contributed by atoms with Crippen LogP contribution in [0.25, 0.3) is 0 Å². The largest absolute Gasteiger partial charge is 0.352 e. The topological polar surface area (TPSA) is 52.6 Å². The van der Waals surface area contributed by atoms with Gasteiger partial charge in [-0.25, -0.2) is 9.97 Å². The predicted molar refractivity (Wildman–Crippen MR) is 115 cm³/mol. The highest BCUT2D eigenvalue weighted by molar-refractivity contribution is 7.15. The third kappa shape index (κ3) is 3.96. The van der Waals surface area contributed by atoms with E-state index in [0.717, 1.165) is 68.8 Å². The van der Waals surface area contributed by atoms with Crippen LogP contribution in [-0.2, 0) is 0 Å². The van der Waals surface area contributed by atoms with Crippen LogP contribution in [0.1, 0.15) is 40.2 Å². The first-order chi connectivity index (χ1) is 13.5. The third-order valence-electron chi connectivity index (χ3n) is 5.58. The van der Waals surface area contributed by atoms with E-state index >= 15 is 0 Å². The summed E-state index contributed by atoms with van der Waals surface area (Å²) < 4.78 is 0. The Morgan fingerprint density at radius 1 is 1.04 bits per heavy atom. The van der Waals surface area contributed by atoms with E-state index in [1.807, 2.05) is 4.90 Å². The van der Waals surface area contributed by atoms with Crippen molar-refractivity contribution < 1.29 is 4.79 Å². The summed E-state index contributed by atoms with van der Waals surface area (Å²) in [6.45, 7) is 9.28. The van der Waals surface area contributed by atoms with Gasteiger partial charge in [0.2, 0.25) is 0 Å². The van der Waals surface area contributed by atoms with Crippen molar-refractivity contribution in [1.82, 2.24) is 14.9 Å². The van der Waals surface area contributed by atoms with Crippen LogP contribution < -0.4 is 9.80 Å². The Morgan fingerprint density at radius 2 is 1.71 bits per heavy atom. The van der Waals surface area contributed by atoms with E-state index in [4.69, 9.17) is 11.6 Å². The van der Waals surface area contributed by atoms with Crippen molar-refractivity contribution in [2.75, 3.05) is 49.1 Å². The molecule has 0 atom stereocenters. The smallest absolute Gasteiger partial charge is 0.255 e. The Hall–Kier alpha value is -1.86. The van der Waals surface area contributed by atoms with E-state index in [2.05, 4.69) is 33.6 Å². The number of piperazine rings is 1. The quantitative estimate of drug-likeness (QED) is 0.758. The lowest BCUT2D eigenvalue weighted by atomic mass is 10.1. The average Bonchev–Trinajstić information content (AvgIpc) is 3.06. The second kappa shape index (κ2) is 8.25. The summed E-state index contributed by atoms with van der Waals surface area (Å²) in [5, 5.41) is 1.65. The molecule has 2 saturated heterocycles. The van der Waals surface area contributed by atoms with Gasteiger partial charge in [-0.2, -0.15) is 0 Å². The van der Waals surface area contributed by atoms with E-state index in [-0.39, 0.29) is 5.91 Å². The van der Waals surface area contributed by atoms with Crippen LogP contribution in [0.3, 0.4) is 0 Å². The van der Waals surface area contributed by atoms with Crippen molar-refractivity contribution in [3.63, 3.8) is 0 Å². The van der Waals surface area contributed by atoms with Gasteiger partial charge >= 0.3 is 0 Å². The standard InChI is InChI=1S/C20H26ClN5OS/c1-14-15(2)28-20(23-14)26-10-8-24(9-11-26)18-17(21)12-16(13-22-18)19(27)25-6-4-3-5-7-25/h12-13H,3-11H2,1-2H3. The third-order valence-corrected chi connectivity index (χ3v) is 6.99. The van der Waals surface area contributed by atoms with E-state index < -0.39 is 0 Å².